The Balaban J connectivity index is 2.63. The SMILES string of the molecule is CC(C)c1nc(OCC#N)c(C#N)c2c1COC(C)(C)C2. The molecule has 0 aliphatic carbocycles. The van der Waals surface area contributed by atoms with Crippen LogP contribution in [0.4, 0.5) is 0 Å². The van der Waals surface area contributed by atoms with E-state index in [1.165, 1.54) is 0 Å². The molecule has 0 bridgehead atoms. The van der Waals surface area contributed by atoms with E-state index in [0.717, 1.165) is 16.8 Å². The van der Waals surface area contributed by atoms with Crippen LogP contribution >= 0.6 is 0 Å². The summed E-state index contributed by atoms with van der Waals surface area (Å²) in [6, 6.07) is 4.10. The third-order valence-electron chi connectivity index (χ3n) is 3.55. The van der Waals surface area contributed by atoms with Crippen molar-refractivity contribution >= 4 is 0 Å². The number of nitrogens with zero attached hydrogens (tertiary/aromatic N) is 3. The van der Waals surface area contributed by atoms with E-state index in [1.807, 2.05) is 33.8 Å². The lowest BCUT2D eigenvalue weighted by Gasteiger charge is -2.34. The zero-order valence-electron chi connectivity index (χ0n) is 12.9. The van der Waals surface area contributed by atoms with Crippen molar-refractivity contribution in [3.8, 4) is 18.0 Å². The predicted molar refractivity (Wildman–Crippen MR) is 76.7 cm³/mol. The predicted octanol–water partition coefficient (Wildman–Crippen LogP) is 2.83. The third-order valence-corrected chi connectivity index (χ3v) is 3.55. The van der Waals surface area contributed by atoms with Crippen molar-refractivity contribution in [2.45, 2.75) is 52.2 Å². The van der Waals surface area contributed by atoms with E-state index in [4.69, 9.17) is 14.7 Å². The van der Waals surface area contributed by atoms with Crippen LogP contribution in [-0.4, -0.2) is 17.2 Å². The van der Waals surface area contributed by atoms with Gasteiger partial charge in [0.15, 0.2) is 6.61 Å². The van der Waals surface area contributed by atoms with Crippen molar-refractivity contribution in [2.24, 2.45) is 0 Å². The Hall–Kier alpha value is -2.11. The van der Waals surface area contributed by atoms with Gasteiger partial charge in [-0.2, -0.15) is 10.5 Å². The molecule has 0 saturated carbocycles. The lowest BCUT2D eigenvalue weighted by molar-refractivity contribution is -0.0409. The molecule has 0 spiro atoms. The molecule has 0 aromatic carbocycles. The molecule has 2 heterocycles. The zero-order valence-corrected chi connectivity index (χ0v) is 12.9. The molecule has 0 atom stereocenters. The van der Waals surface area contributed by atoms with Crippen LogP contribution < -0.4 is 4.74 Å². The van der Waals surface area contributed by atoms with Crippen LogP contribution in [0.25, 0.3) is 0 Å². The van der Waals surface area contributed by atoms with Gasteiger partial charge in [0.25, 0.3) is 0 Å². The van der Waals surface area contributed by atoms with Crippen molar-refractivity contribution in [1.82, 2.24) is 4.98 Å². The topological polar surface area (TPSA) is 78.9 Å². The minimum atomic E-state index is -0.319. The first-order valence-corrected chi connectivity index (χ1v) is 6.99. The van der Waals surface area contributed by atoms with Gasteiger partial charge in [0.1, 0.15) is 17.7 Å². The van der Waals surface area contributed by atoms with Crippen molar-refractivity contribution in [1.29, 1.82) is 10.5 Å². The normalized spacial score (nSPS) is 16.0. The molecule has 0 N–H and O–H groups in total. The van der Waals surface area contributed by atoms with Gasteiger partial charge in [-0.15, -0.1) is 0 Å². The van der Waals surface area contributed by atoms with Gasteiger partial charge >= 0.3 is 0 Å². The summed E-state index contributed by atoms with van der Waals surface area (Å²) in [6.07, 6.45) is 0.635. The maximum atomic E-state index is 9.48. The minimum absolute atomic E-state index is 0.113. The second-order valence-electron chi connectivity index (χ2n) is 6.07. The largest absolute Gasteiger partial charge is 0.461 e. The fraction of sp³-hybridized carbons (Fsp3) is 0.562. The molecule has 110 valence electrons. The summed E-state index contributed by atoms with van der Waals surface area (Å²) < 4.78 is 11.2. The number of hydrogen-bond donors (Lipinski definition) is 0. The Labute approximate surface area is 125 Å². The van der Waals surface area contributed by atoms with Gasteiger partial charge in [0, 0.05) is 12.0 Å². The Kier molecular flexibility index (Phi) is 4.16. The van der Waals surface area contributed by atoms with E-state index in [1.54, 1.807) is 0 Å². The van der Waals surface area contributed by atoms with Crippen molar-refractivity contribution < 1.29 is 9.47 Å². The number of hydrogen-bond acceptors (Lipinski definition) is 5. The third kappa shape index (κ3) is 2.99. The van der Waals surface area contributed by atoms with Crippen LogP contribution in [0.2, 0.25) is 0 Å². The van der Waals surface area contributed by atoms with Crippen LogP contribution in [0.3, 0.4) is 0 Å². The lowest BCUT2D eigenvalue weighted by atomic mass is 9.86. The molecule has 1 aromatic heterocycles. The van der Waals surface area contributed by atoms with Crippen molar-refractivity contribution in [2.75, 3.05) is 6.61 Å². The second-order valence-corrected chi connectivity index (χ2v) is 6.07. The summed E-state index contributed by atoms with van der Waals surface area (Å²) in [6.45, 7) is 8.43. The van der Waals surface area contributed by atoms with E-state index in [9.17, 15) is 5.26 Å². The molecule has 0 fully saturated rings. The maximum Gasteiger partial charge on any atom is 0.233 e. The zero-order chi connectivity index (χ0) is 15.6. The fourth-order valence-corrected chi connectivity index (χ4v) is 2.57. The van der Waals surface area contributed by atoms with E-state index in [2.05, 4.69) is 11.1 Å². The Bertz CT molecular complexity index is 636. The van der Waals surface area contributed by atoms with Gasteiger partial charge in [-0.05, 0) is 25.3 Å². The summed E-state index contributed by atoms with van der Waals surface area (Å²) in [5.41, 5.74) is 2.93. The quantitative estimate of drug-likeness (QED) is 0.853. The fourth-order valence-electron chi connectivity index (χ4n) is 2.57. The van der Waals surface area contributed by atoms with Gasteiger partial charge in [0.2, 0.25) is 5.88 Å². The molecule has 2 rings (SSSR count). The number of pyridine rings is 1. The highest BCUT2D eigenvalue weighted by Crippen LogP contribution is 2.37. The molecule has 0 radical (unpaired) electrons. The first kappa shape index (κ1) is 15.3. The van der Waals surface area contributed by atoms with Crippen LogP contribution in [0.1, 0.15) is 56.0 Å². The van der Waals surface area contributed by atoms with Gasteiger partial charge < -0.3 is 9.47 Å². The molecular formula is C16H19N3O2. The number of rotatable bonds is 3. The molecule has 5 nitrogen and oxygen atoms in total. The van der Waals surface area contributed by atoms with Crippen molar-refractivity contribution in [3.63, 3.8) is 0 Å². The van der Waals surface area contributed by atoms with E-state index >= 15 is 0 Å². The Morgan fingerprint density at radius 3 is 2.62 bits per heavy atom. The number of nitriles is 2. The molecule has 0 unspecified atom stereocenters. The summed E-state index contributed by atoms with van der Waals surface area (Å²) in [5.74, 6) is 0.458. The molecular weight excluding hydrogens is 266 g/mol. The summed E-state index contributed by atoms with van der Waals surface area (Å²) in [5, 5.41) is 18.2. The summed E-state index contributed by atoms with van der Waals surface area (Å²) >= 11 is 0. The smallest absolute Gasteiger partial charge is 0.233 e. The van der Waals surface area contributed by atoms with Gasteiger partial charge in [-0.3, -0.25) is 0 Å². The molecule has 21 heavy (non-hydrogen) atoms. The number of fused-ring (bicyclic) bond motifs is 1. The summed E-state index contributed by atoms with van der Waals surface area (Å²) in [7, 11) is 0. The Morgan fingerprint density at radius 2 is 2.05 bits per heavy atom. The van der Waals surface area contributed by atoms with Crippen LogP contribution in [0, 0.1) is 22.7 Å². The first-order chi connectivity index (χ1) is 9.89. The van der Waals surface area contributed by atoms with E-state index in [0.29, 0.717) is 18.6 Å². The highest BCUT2D eigenvalue weighted by atomic mass is 16.5. The average Bonchev–Trinajstić information content (AvgIpc) is 2.42. The molecule has 5 heteroatoms. The minimum Gasteiger partial charge on any atom is -0.461 e. The number of ether oxygens (including phenoxy) is 2. The standard InChI is InChI=1S/C16H19N3O2/c1-10(2)14-13-9-21-16(3,4)7-11(13)12(8-18)15(19-14)20-6-5-17/h10H,6-7,9H2,1-4H3. The first-order valence-electron chi connectivity index (χ1n) is 6.99. The lowest BCUT2D eigenvalue weighted by Crippen LogP contribution is -2.33. The molecule has 1 aliphatic heterocycles. The maximum absolute atomic E-state index is 9.48. The molecule has 1 aliphatic rings. The van der Waals surface area contributed by atoms with Gasteiger partial charge in [-0.1, -0.05) is 13.8 Å². The molecule has 0 saturated heterocycles. The van der Waals surface area contributed by atoms with Gasteiger partial charge in [0.05, 0.1) is 17.9 Å². The van der Waals surface area contributed by atoms with Crippen LogP contribution in [-0.2, 0) is 17.8 Å². The van der Waals surface area contributed by atoms with E-state index < -0.39 is 0 Å². The van der Waals surface area contributed by atoms with Crippen LogP contribution in [0.5, 0.6) is 5.88 Å². The number of aromatic nitrogens is 1. The second kappa shape index (κ2) is 5.71. The highest BCUT2D eigenvalue weighted by molar-refractivity contribution is 5.52. The van der Waals surface area contributed by atoms with Gasteiger partial charge in [-0.25, -0.2) is 4.98 Å². The molecule has 0 amide bonds. The summed E-state index contributed by atoms with van der Waals surface area (Å²) in [4.78, 5) is 4.47. The van der Waals surface area contributed by atoms with E-state index in [-0.39, 0.29) is 24.0 Å². The molecule has 1 aromatic rings. The highest BCUT2D eigenvalue weighted by Gasteiger charge is 2.32. The van der Waals surface area contributed by atoms with Crippen molar-refractivity contribution in [3.05, 3.63) is 22.4 Å². The monoisotopic (exact) mass is 285 g/mol. The average molecular weight is 285 g/mol. The Morgan fingerprint density at radius 1 is 1.33 bits per heavy atom. The van der Waals surface area contributed by atoms with Crippen LogP contribution in [0.15, 0.2) is 0 Å².